The van der Waals surface area contributed by atoms with Crippen LogP contribution in [-0.4, -0.2) is 24.0 Å². The first kappa shape index (κ1) is 19.2. The summed E-state index contributed by atoms with van der Waals surface area (Å²) in [6.45, 7) is 1.53. The van der Waals surface area contributed by atoms with Crippen LogP contribution < -0.4 is 10.2 Å². The Balaban J connectivity index is 1.62. The number of pyridine rings is 1. The van der Waals surface area contributed by atoms with E-state index in [9.17, 15) is 18.0 Å². The number of hydrogen-bond acceptors (Lipinski definition) is 3. The van der Waals surface area contributed by atoms with Crippen LogP contribution in [0.5, 0.6) is 0 Å². The van der Waals surface area contributed by atoms with Gasteiger partial charge in [-0.05, 0) is 42.7 Å². The first-order chi connectivity index (χ1) is 13.9. The number of fused-ring (bicyclic) bond motifs is 1. The van der Waals surface area contributed by atoms with Crippen molar-refractivity contribution in [3.8, 4) is 0 Å². The number of halogens is 3. The molecule has 1 aromatic heterocycles. The van der Waals surface area contributed by atoms with Crippen molar-refractivity contribution < 1.29 is 18.0 Å². The molecular formula is C22H20F3N3O. The maximum Gasteiger partial charge on any atom is 0.416 e. The lowest BCUT2D eigenvalue weighted by Gasteiger charge is -2.23. The number of carbonyl (C=O) groups excluding carboxylic acids is 1. The number of alkyl halides is 3. The standard InChI is InChI=1S/C22H20F3N3O/c23-22(24,25)17-8-9-19(28-11-1-2-12-28)18(14-17)27-20(29)13-16-6-3-5-15-7-4-10-26-21(15)16/h3-10,14H,1-2,11-13H2,(H,27,29). The highest BCUT2D eigenvalue weighted by atomic mass is 19.4. The van der Waals surface area contributed by atoms with Gasteiger partial charge in [0.05, 0.1) is 28.9 Å². The molecule has 1 amide bonds. The summed E-state index contributed by atoms with van der Waals surface area (Å²) in [5, 5.41) is 3.62. The summed E-state index contributed by atoms with van der Waals surface area (Å²) < 4.78 is 39.6. The van der Waals surface area contributed by atoms with Crippen molar-refractivity contribution >= 4 is 28.2 Å². The summed E-state index contributed by atoms with van der Waals surface area (Å²) in [5.74, 6) is -0.372. The summed E-state index contributed by atoms with van der Waals surface area (Å²) >= 11 is 0. The third kappa shape index (κ3) is 4.18. The number of para-hydroxylation sites is 1. The number of aromatic nitrogens is 1. The highest BCUT2D eigenvalue weighted by Crippen LogP contribution is 2.36. The molecule has 1 N–H and O–H groups in total. The monoisotopic (exact) mass is 399 g/mol. The zero-order chi connectivity index (χ0) is 20.4. The number of hydrogen-bond donors (Lipinski definition) is 1. The van der Waals surface area contributed by atoms with Crippen LogP contribution in [-0.2, 0) is 17.4 Å². The predicted molar refractivity (Wildman–Crippen MR) is 107 cm³/mol. The van der Waals surface area contributed by atoms with E-state index in [1.807, 2.05) is 35.2 Å². The molecule has 1 saturated heterocycles. The minimum Gasteiger partial charge on any atom is -0.370 e. The SMILES string of the molecule is O=C(Cc1cccc2cccnc12)Nc1cc(C(F)(F)F)ccc1N1CCCC1. The van der Waals surface area contributed by atoms with E-state index in [2.05, 4.69) is 10.3 Å². The van der Waals surface area contributed by atoms with Crippen LogP contribution in [0.15, 0.2) is 54.7 Å². The molecule has 0 aliphatic carbocycles. The number of anilines is 2. The Hall–Kier alpha value is -3.09. The zero-order valence-corrected chi connectivity index (χ0v) is 15.7. The van der Waals surface area contributed by atoms with E-state index in [0.717, 1.165) is 49.0 Å². The maximum absolute atomic E-state index is 13.2. The van der Waals surface area contributed by atoms with Crippen molar-refractivity contribution in [2.45, 2.75) is 25.4 Å². The van der Waals surface area contributed by atoms with Crippen molar-refractivity contribution in [1.29, 1.82) is 0 Å². The van der Waals surface area contributed by atoms with Gasteiger partial charge in [0.25, 0.3) is 0 Å². The van der Waals surface area contributed by atoms with E-state index in [1.165, 1.54) is 6.07 Å². The summed E-state index contributed by atoms with van der Waals surface area (Å²) in [6.07, 6.45) is -0.819. The molecule has 150 valence electrons. The van der Waals surface area contributed by atoms with Gasteiger partial charge in [-0.15, -0.1) is 0 Å². The van der Waals surface area contributed by atoms with Gasteiger partial charge in [-0.1, -0.05) is 24.3 Å². The fraction of sp³-hybridized carbons (Fsp3) is 0.273. The second-order valence-corrected chi connectivity index (χ2v) is 7.14. The van der Waals surface area contributed by atoms with Gasteiger partial charge in [-0.2, -0.15) is 13.2 Å². The Kier molecular flexibility index (Phi) is 5.13. The fourth-order valence-corrected chi connectivity index (χ4v) is 3.72. The van der Waals surface area contributed by atoms with Crippen LogP contribution >= 0.6 is 0 Å². The lowest BCUT2D eigenvalue weighted by molar-refractivity contribution is -0.137. The molecule has 0 bridgehead atoms. The Morgan fingerprint density at radius 2 is 1.83 bits per heavy atom. The quantitative estimate of drug-likeness (QED) is 0.669. The van der Waals surface area contributed by atoms with Crippen LogP contribution in [0.3, 0.4) is 0 Å². The average Bonchev–Trinajstić information content (AvgIpc) is 3.22. The van der Waals surface area contributed by atoms with Crippen LogP contribution in [0, 0.1) is 0 Å². The van der Waals surface area contributed by atoms with Crippen molar-refractivity contribution in [3.63, 3.8) is 0 Å². The molecule has 0 saturated carbocycles. The molecule has 4 nitrogen and oxygen atoms in total. The van der Waals surface area contributed by atoms with Gasteiger partial charge in [-0.25, -0.2) is 0 Å². The van der Waals surface area contributed by atoms with E-state index >= 15 is 0 Å². The van der Waals surface area contributed by atoms with E-state index in [4.69, 9.17) is 0 Å². The largest absolute Gasteiger partial charge is 0.416 e. The Labute approximate surface area is 166 Å². The van der Waals surface area contributed by atoms with E-state index in [0.29, 0.717) is 11.2 Å². The number of carbonyl (C=O) groups is 1. The van der Waals surface area contributed by atoms with Crippen molar-refractivity contribution in [2.75, 3.05) is 23.3 Å². The molecular weight excluding hydrogens is 379 g/mol. The van der Waals surface area contributed by atoms with E-state index < -0.39 is 11.7 Å². The molecule has 1 fully saturated rings. The van der Waals surface area contributed by atoms with Crippen LogP contribution in [0.25, 0.3) is 10.9 Å². The minimum atomic E-state index is -4.47. The number of benzene rings is 2. The fourth-order valence-electron chi connectivity index (χ4n) is 3.72. The minimum absolute atomic E-state index is 0.0318. The highest BCUT2D eigenvalue weighted by Gasteiger charge is 2.32. The van der Waals surface area contributed by atoms with E-state index in [1.54, 1.807) is 6.20 Å². The molecule has 7 heteroatoms. The molecule has 0 unspecified atom stereocenters. The number of rotatable bonds is 4. The first-order valence-corrected chi connectivity index (χ1v) is 9.50. The van der Waals surface area contributed by atoms with Gasteiger partial charge in [-0.3, -0.25) is 9.78 Å². The maximum atomic E-state index is 13.2. The smallest absolute Gasteiger partial charge is 0.370 e. The van der Waals surface area contributed by atoms with Crippen molar-refractivity contribution in [2.24, 2.45) is 0 Å². The second kappa shape index (κ2) is 7.73. The van der Waals surface area contributed by atoms with Gasteiger partial charge in [0.1, 0.15) is 0 Å². The van der Waals surface area contributed by atoms with Gasteiger partial charge < -0.3 is 10.2 Å². The number of amides is 1. The molecule has 1 aliphatic heterocycles. The Morgan fingerprint density at radius 3 is 2.59 bits per heavy atom. The van der Waals surface area contributed by atoms with E-state index in [-0.39, 0.29) is 18.0 Å². The Bertz CT molecular complexity index is 1040. The molecule has 2 heterocycles. The Morgan fingerprint density at radius 1 is 1.07 bits per heavy atom. The summed E-state index contributed by atoms with van der Waals surface area (Å²) in [6, 6.07) is 12.8. The molecule has 4 rings (SSSR count). The molecule has 0 spiro atoms. The normalized spacial score (nSPS) is 14.4. The summed E-state index contributed by atoms with van der Waals surface area (Å²) in [7, 11) is 0. The van der Waals surface area contributed by atoms with Gasteiger partial charge in [0.15, 0.2) is 0 Å². The third-order valence-electron chi connectivity index (χ3n) is 5.11. The molecule has 2 aromatic carbocycles. The number of nitrogens with one attached hydrogen (secondary N) is 1. The van der Waals surface area contributed by atoms with Crippen molar-refractivity contribution in [1.82, 2.24) is 4.98 Å². The topological polar surface area (TPSA) is 45.2 Å². The molecule has 0 atom stereocenters. The molecule has 29 heavy (non-hydrogen) atoms. The lowest BCUT2D eigenvalue weighted by atomic mass is 10.1. The third-order valence-corrected chi connectivity index (χ3v) is 5.11. The predicted octanol–water partition coefficient (Wildman–Crippen LogP) is 5.04. The lowest BCUT2D eigenvalue weighted by Crippen LogP contribution is -2.22. The highest BCUT2D eigenvalue weighted by molar-refractivity contribution is 5.97. The second-order valence-electron chi connectivity index (χ2n) is 7.14. The van der Waals surface area contributed by atoms with Crippen LogP contribution in [0.2, 0.25) is 0 Å². The first-order valence-electron chi connectivity index (χ1n) is 9.50. The molecule has 0 radical (unpaired) electrons. The number of nitrogens with zero attached hydrogens (tertiary/aromatic N) is 2. The molecule has 3 aromatic rings. The van der Waals surface area contributed by atoms with Gasteiger partial charge in [0, 0.05) is 24.7 Å². The van der Waals surface area contributed by atoms with Gasteiger partial charge >= 0.3 is 6.18 Å². The van der Waals surface area contributed by atoms with Crippen LogP contribution in [0.1, 0.15) is 24.0 Å². The summed E-state index contributed by atoms with van der Waals surface area (Å²) in [5.41, 5.74) is 1.49. The zero-order valence-electron chi connectivity index (χ0n) is 15.7. The van der Waals surface area contributed by atoms with Crippen molar-refractivity contribution in [3.05, 3.63) is 65.9 Å². The summed E-state index contributed by atoms with van der Waals surface area (Å²) in [4.78, 5) is 19.1. The average molecular weight is 399 g/mol. The van der Waals surface area contributed by atoms with Gasteiger partial charge in [0.2, 0.25) is 5.91 Å². The van der Waals surface area contributed by atoms with Crippen LogP contribution in [0.4, 0.5) is 24.5 Å². The molecule has 1 aliphatic rings.